The van der Waals surface area contributed by atoms with E-state index in [0.29, 0.717) is 16.8 Å². The lowest BCUT2D eigenvalue weighted by Gasteiger charge is -2.29. The van der Waals surface area contributed by atoms with Crippen molar-refractivity contribution in [3.63, 3.8) is 0 Å². The molecule has 0 radical (unpaired) electrons. The third-order valence-electron chi connectivity index (χ3n) is 3.68. The lowest BCUT2D eigenvalue weighted by atomic mass is 10.1. The van der Waals surface area contributed by atoms with E-state index in [-0.39, 0.29) is 11.9 Å². The average Bonchev–Trinajstić information content (AvgIpc) is 2.54. The predicted octanol–water partition coefficient (Wildman–Crippen LogP) is 2.24. The summed E-state index contributed by atoms with van der Waals surface area (Å²) in [6.45, 7) is 3.46. The van der Waals surface area contributed by atoms with Crippen LogP contribution in [0.15, 0.2) is 18.2 Å². The van der Waals surface area contributed by atoms with Crippen molar-refractivity contribution in [1.29, 1.82) is 10.5 Å². The number of rotatable bonds is 3. The van der Waals surface area contributed by atoms with Gasteiger partial charge in [-0.2, -0.15) is 10.5 Å². The van der Waals surface area contributed by atoms with E-state index in [1.54, 1.807) is 18.2 Å². The molecule has 1 amide bonds. The second-order valence-electron chi connectivity index (χ2n) is 5.24. The van der Waals surface area contributed by atoms with Crippen molar-refractivity contribution in [3.8, 4) is 12.1 Å². The summed E-state index contributed by atoms with van der Waals surface area (Å²) >= 11 is 0. The van der Waals surface area contributed by atoms with Gasteiger partial charge in [0.05, 0.1) is 11.1 Å². The number of amides is 1. The Morgan fingerprint density at radius 2 is 1.86 bits per heavy atom. The number of carbonyl (C=O) groups is 1. The summed E-state index contributed by atoms with van der Waals surface area (Å²) in [5.74, 6) is 0.0811. The van der Waals surface area contributed by atoms with Gasteiger partial charge in [0.1, 0.15) is 18.2 Å². The lowest BCUT2D eigenvalue weighted by Crippen LogP contribution is -2.43. The molecular weight excluding hydrogens is 264 g/mol. The molecular formula is C16H18N4O. The largest absolute Gasteiger partial charge is 0.374 e. The molecule has 1 aromatic rings. The highest BCUT2D eigenvalue weighted by Gasteiger charge is 2.22. The monoisotopic (exact) mass is 282 g/mol. The average molecular weight is 282 g/mol. The first-order chi connectivity index (χ1) is 10.2. The quantitative estimate of drug-likeness (QED) is 0.922. The van der Waals surface area contributed by atoms with Crippen LogP contribution < -0.4 is 5.32 Å². The summed E-state index contributed by atoms with van der Waals surface area (Å²) in [7, 11) is 0. The minimum atomic E-state index is -0.345. The summed E-state index contributed by atoms with van der Waals surface area (Å²) in [4.78, 5) is 14.2. The Kier molecular flexibility index (Phi) is 4.79. The second kappa shape index (κ2) is 6.76. The number of nitrogens with zero attached hydrogens (tertiary/aromatic N) is 3. The molecule has 5 nitrogen and oxygen atoms in total. The molecule has 1 aliphatic heterocycles. The molecule has 1 N–H and O–H groups in total. The first-order valence-electron chi connectivity index (χ1n) is 7.15. The van der Waals surface area contributed by atoms with Crippen LogP contribution in [0.1, 0.15) is 37.3 Å². The van der Waals surface area contributed by atoms with Crippen molar-refractivity contribution in [2.75, 3.05) is 18.4 Å². The highest BCUT2D eigenvalue weighted by Crippen LogP contribution is 2.17. The molecule has 0 bridgehead atoms. The first-order valence-corrected chi connectivity index (χ1v) is 7.15. The molecule has 2 rings (SSSR count). The Labute approximate surface area is 124 Å². The maximum absolute atomic E-state index is 12.3. The zero-order chi connectivity index (χ0) is 15.2. The van der Waals surface area contributed by atoms with E-state index in [1.165, 1.54) is 6.42 Å². The number of anilines is 1. The molecule has 1 heterocycles. The van der Waals surface area contributed by atoms with Gasteiger partial charge in [0.25, 0.3) is 0 Å². The molecule has 0 aromatic heterocycles. The number of likely N-dealkylation sites (tertiary alicyclic amines) is 1. The fourth-order valence-electron chi connectivity index (χ4n) is 2.52. The van der Waals surface area contributed by atoms with Crippen LogP contribution in [0.25, 0.3) is 0 Å². The number of carbonyl (C=O) groups excluding carboxylic acids is 1. The van der Waals surface area contributed by atoms with Gasteiger partial charge in [0.15, 0.2) is 0 Å². The molecule has 108 valence electrons. The van der Waals surface area contributed by atoms with Crippen molar-refractivity contribution in [2.45, 2.75) is 32.2 Å². The summed E-state index contributed by atoms with van der Waals surface area (Å²) in [6.07, 6.45) is 3.31. The number of nitriles is 2. The van der Waals surface area contributed by atoms with Gasteiger partial charge in [-0.3, -0.25) is 4.79 Å². The number of piperidine rings is 1. The van der Waals surface area contributed by atoms with Crippen LogP contribution in [0, 0.1) is 22.7 Å². The fraction of sp³-hybridized carbons (Fsp3) is 0.438. The maximum Gasteiger partial charge on any atom is 0.244 e. The van der Waals surface area contributed by atoms with Gasteiger partial charge in [0, 0.05) is 18.8 Å². The molecule has 1 saturated heterocycles. The van der Waals surface area contributed by atoms with Crippen LogP contribution in [-0.2, 0) is 4.79 Å². The summed E-state index contributed by atoms with van der Waals surface area (Å²) < 4.78 is 0. The van der Waals surface area contributed by atoms with Crippen LogP contribution in [0.3, 0.4) is 0 Å². The fourth-order valence-corrected chi connectivity index (χ4v) is 2.52. The Hall–Kier alpha value is -2.53. The van der Waals surface area contributed by atoms with Gasteiger partial charge >= 0.3 is 0 Å². The first kappa shape index (κ1) is 14.9. The predicted molar refractivity (Wildman–Crippen MR) is 79.4 cm³/mol. The van der Waals surface area contributed by atoms with E-state index >= 15 is 0 Å². The van der Waals surface area contributed by atoms with Crippen molar-refractivity contribution >= 4 is 11.6 Å². The minimum absolute atomic E-state index is 0.0811. The minimum Gasteiger partial charge on any atom is -0.374 e. The Morgan fingerprint density at radius 1 is 1.19 bits per heavy atom. The number of hydrogen-bond acceptors (Lipinski definition) is 4. The van der Waals surface area contributed by atoms with Gasteiger partial charge in [-0.05, 0) is 44.4 Å². The molecule has 1 fully saturated rings. The molecule has 1 unspecified atom stereocenters. The number of nitrogens with one attached hydrogen (secondary N) is 1. The van der Waals surface area contributed by atoms with Crippen molar-refractivity contribution in [1.82, 2.24) is 4.90 Å². The van der Waals surface area contributed by atoms with Crippen molar-refractivity contribution < 1.29 is 4.79 Å². The number of benzene rings is 1. The summed E-state index contributed by atoms with van der Waals surface area (Å²) in [5.41, 5.74) is 1.35. The lowest BCUT2D eigenvalue weighted by molar-refractivity contribution is -0.132. The van der Waals surface area contributed by atoms with Crippen LogP contribution in [0.2, 0.25) is 0 Å². The normalized spacial score (nSPS) is 15.7. The zero-order valence-corrected chi connectivity index (χ0v) is 12.1. The van der Waals surface area contributed by atoms with E-state index in [4.69, 9.17) is 10.5 Å². The smallest absolute Gasteiger partial charge is 0.244 e. The molecule has 1 aliphatic rings. The van der Waals surface area contributed by atoms with E-state index in [2.05, 4.69) is 5.32 Å². The molecule has 0 aliphatic carbocycles. The standard InChI is InChI=1S/C16H18N4O/c1-12(16(21)20-7-3-2-4-8-20)19-15-6-5-13(10-17)14(9-15)11-18/h5-6,9,12,19H,2-4,7-8H2,1H3. The van der Waals surface area contributed by atoms with Crippen LogP contribution >= 0.6 is 0 Å². The van der Waals surface area contributed by atoms with E-state index in [9.17, 15) is 4.79 Å². The Morgan fingerprint density at radius 3 is 2.48 bits per heavy atom. The highest BCUT2D eigenvalue weighted by atomic mass is 16.2. The van der Waals surface area contributed by atoms with E-state index in [0.717, 1.165) is 25.9 Å². The Balaban J connectivity index is 2.05. The topological polar surface area (TPSA) is 79.9 Å². The highest BCUT2D eigenvalue weighted by molar-refractivity contribution is 5.84. The van der Waals surface area contributed by atoms with Gasteiger partial charge in [-0.25, -0.2) is 0 Å². The van der Waals surface area contributed by atoms with Crippen molar-refractivity contribution in [3.05, 3.63) is 29.3 Å². The molecule has 5 heteroatoms. The third-order valence-corrected chi connectivity index (χ3v) is 3.68. The van der Waals surface area contributed by atoms with Gasteiger partial charge in [-0.15, -0.1) is 0 Å². The molecule has 1 aromatic carbocycles. The van der Waals surface area contributed by atoms with Crippen LogP contribution in [0.5, 0.6) is 0 Å². The molecule has 0 saturated carbocycles. The van der Waals surface area contributed by atoms with Crippen LogP contribution in [0.4, 0.5) is 5.69 Å². The van der Waals surface area contributed by atoms with E-state index in [1.807, 2.05) is 24.0 Å². The summed E-state index contributed by atoms with van der Waals surface area (Å²) in [6, 6.07) is 8.55. The van der Waals surface area contributed by atoms with Gasteiger partial charge < -0.3 is 10.2 Å². The Bertz CT molecular complexity index is 606. The third kappa shape index (κ3) is 3.52. The SMILES string of the molecule is CC(Nc1ccc(C#N)c(C#N)c1)C(=O)N1CCCCC1. The van der Waals surface area contributed by atoms with Crippen molar-refractivity contribution in [2.24, 2.45) is 0 Å². The van der Waals surface area contributed by atoms with Crippen LogP contribution in [-0.4, -0.2) is 29.9 Å². The molecule has 0 spiro atoms. The second-order valence-corrected chi connectivity index (χ2v) is 5.24. The maximum atomic E-state index is 12.3. The van der Waals surface area contributed by atoms with Gasteiger partial charge in [0.2, 0.25) is 5.91 Å². The number of hydrogen-bond donors (Lipinski definition) is 1. The van der Waals surface area contributed by atoms with E-state index < -0.39 is 0 Å². The molecule has 1 atom stereocenters. The van der Waals surface area contributed by atoms with Gasteiger partial charge in [-0.1, -0.05) is 0 Å². The molecule has 21 heavy (non-hydrogen) atoms. The zero-order valence-electron chi connectivity index (χ0n) is 12.1. The summed E-state index contributed by atoms with van der Waals surface area (Å²) in [5, 5.41) is 21.0.